The highest BCUT2D eigenvalue weighted by Gasteiger charge is 2.37. The van der Waals surface area contributed by atoms with Crippen molar-refractivity contribution in [3.63, 3.8) is 0 Å². The van der Waals surface area contributed by atoms with Crippen LogP contribution < -0.4 is 0 Å². The minimum atomic E-state index is -0.613. The van der Waals surface area contributed by atoms with Crippen molar-refractivity contribution < 1.29 is 9.90 Å². The Hall–Kier alpha value is -2.09. The lowest BCUT2D eigenvalue weighted by Gasteiger charge is -2.42. The Bertz CT molecular complexity index is 937. The summed E-state index contributed by atoms with van der Waals surface area (Å²) in [4.78, 5) is 11.2. The molecule has 2 unspecified atom stereocenters. The quantitative estimate of drug-likeness (QED) is 0.575. The van der Waals surface area contributed by atoms with E-state index in [4.69, 9.17) is 0 Å². The summed E-state index contributed by atoms with van der Waals surface area (Å²) in [5.41, 5.74) is 7.46. The third kappa shape index (κ3) is 4.19. The van der Waals surface area contributed by atoms with E-state index in [0.29, 0.717) is 5.92 Å². The van der Waals surface area contributed by atoms with E-state index in [1.807, 2.05) is 0 Å². The van der Waals surface area contributed by atoms with E-state index in [2.05, 4.69) is 70.2 Å². The Morgan fingerprint density at radius 1 is 0.933 bits per heavy atom. The minimum absolute atomic E-state index is 0.121. The van der Waals surface area contributed by atoms with Gasteiger partial charge in [0.2, 0.25) is 0 Å². The average molecular weight is 405 g/mol. The fourth-order valence-corrected chi connectivity index (χ4v) is 5.61. The summed E-state index contributed by atoms with van der Waals surface area (Å²) in [5.74, 6) is -0.177. The van der Waals surface area contributed by atoms with Gasteiger partial charge in [0, 0.05) is 0 Å². The number of hydrogen-bond donors (Lipinski definition) is 1. The molecule has 0 aromatic heterocycles. The fourth-order valence-electron chi connectivity index (χ4n) is 5.61. The van der Waals surface area contributed by atoms with Crippen LogP contribution in [0.15, 0.2) is 42.5 Å². The molecule has 2 aliphatic rings. The molecule has 30 heavy (non-hydrogen) atoms. The third-order valence-electron chi connectivity index (χ3n) is 7.84. The summed E-state index contributed by atoms with van der Waals surface area (Å²) in [5, 5.41) is 9.23. The largest absolute Gasteiger partial charge is 0.481 e. The van der Waals surface area contributed by atoms with Gasteiger partial charge in [0.05, 0.1) is 5.92 Å². The molecule has 0 saturated heterocycles. The molecule has 2 atom stereocenters. The normalized spacial score (nSPS) is 24.4. The van der Waals surface area contributed by atoms with E-state index in [9.17, 15) is 9.90 Å². The third-order valence-corrected chi connectivity index (χ3v) is 7.84. The predicted molar refractivity (Wildman–Crippen MR) is 124 cm³/mol. The van der Waals surface area contributed by atoms with Gasteiger partial charge in [-0.1, -0.05) is 70.2 Å². The number of rotatable bonds is 5. The van der Waals surface area contributed by atoms with Gasteiger partial charge in [0.15, 0.2) is 0 Å². The molecule has 2 aromatic rings. The van der Waals surface area contributed by atoms with Crippen LogP contribution in [0.4, 0.5) is 0 Å². The standard InChI is InChI=1S/C28H36O2/c1-27(2)14-15-28(3,4)25-18-22(12-13-24(25)27)21-7-5-6-19(16-21)8-9-20-10-11-23(17-20)26(29)30/h5-7,12-13,16,18,20,23H,8-11,14-15,17H2,1-4H3,(H,29,30). The van der Waals surface area contributed by atoms with Gasteiger partial charge < -0.3 is 5.11 Å². The van der Waals surface area contributed by atoms with Crippen LogP contribution in [0.25, 0.3) is 11.1 Å². The smallest absolute Gasteiger partial charge is 0.306 e. The number of aliphatic carboxylic acids is 1. The second-order valence-corrected chi connectivity index (χ2v) is 11.0. The molecule has 0 amide bonds. The summed E-state index contributed by atoms with van der Waals surface area (Å²) in [6.07, 6.45) is 7.37. The zero-order valence-corrected chi connectivity index (χ0v) is 19.0. The molecule has 1 fully saturated rings. The maximum absolute atomic E-state index is 11.2. The first kappa shape index (κ1) is 21.2. The molecule has 160 valence electrons. The van der Waals surface area contributed by atoms with Gasteiger partial charge in [0.25, 0.3) is 0 Å². The molecule has 1 saturated carbocycles. The van der Waals surface area contributed by atoms with Crippen molar-refractivity contribution >= 4 is 5.97 Å². The van der Waals surface area contributed by atoms with Crippen molar-refractivity contribution in [2.75, 3.05) is 0 Å². The highest BCUT2D eigenvalue weighted by Crippen LogP contribution is 2.46. The van der Waals surface area contributed by atoms with Crippen LogP contribution in [-0.2, 0) is 22.0 Å². The second-order valence-electron chi connectivity index (χ2n) is 11.0. The van der Waals surface area contributed by atoms with Crippen molar-refractivity contribution in [1.29, 1.82) is 0 Å². The first-order chi connectivity index (χ1) is 14.2. The molecule has 0 spiro atoms. The number of carboxylic acid groups (broad SMARTS) is 1. The second kappa shape index (κ2) is 7.87. The molecular weight excluding hydrogens is 368 g/mol. The Morgan fingerprint density at radius 2 is 1.63 bits per heavy atom. The topological polar surface area (TPSA) is 37.3 Å². The fraction of sp³-hybridized carbons (Fsp3) is 0.536. The van der Waals surface area contributed by atoms with E-state index in [1.54, 1.807) is 0 Å². The van der Waals surface area contributed by atoms with Crippen molar-refractivity contribution in [1.82, 2.24) is 0 Å². The molecule has 1 N–H and O–H groups in total. The number of carbonyl (C=O) groups is 1. The maximum Gasteiger partial charge on any atom is 0.306 e. The molecule has 0 bridgehead atoms. The summed E-state index contributed by atoms with van der Waals surface area (Å²) in [6.45, 7) is 9.51. The van der Waals surface area contributed by atoms with Crippen LogP contribution in [0.2, 0.25) is 0 Å². The number of fused-ring (bicyclic) bond motifs is 1. The summed E-state index contributed by atoms with van der Waals surface area (Å²) in [7, 11) is 0. The van der Waals surface area contributed by atoms with E-state index in [0.717, 1.165) is 32.1 Å². The zero-order valence-electron chi connectivity index (χ0n) is 19.0. The molecule has 2 nitrogen and oxygen atoms in total. The number of aryl methyl sites for hydroxylation is 1. The van der Waals surface area contributed by atoms with E-state index >= 15 is 0 Å². The number of benzene rings is 2. The van der Waals surface area contributed by atoms with Crippen LogP contribution in [0.5, 0.6) is 0 Å². The first-order valence-corrected chi connectivity index (χ1v) is 11.6. The van der Waals surface area contributed by atoms with Gasteiger partial charge in [-0.05, 0) is 89.5 Å². The number of hydrogen-bond acceptors (Lipinski definition) is 1. The van der Waals surface area contributed by atoms with Crippen LogP contribution in [0.3, 0.4) is 0 Å². The van der Waals surface area contributed by atoms with Gasteiger partial charge in [-0.15, -0.1) is 0 Å². The van der Waals surface area contributed by atoms with E-state index < -0.39 is 5.97 Å². The van der Waals surface area contributed by atoms with Crippen LogP contribution >= 0.6 is 0 Å². The molecule has 2 aromatic carbocycles. The van der Waals surface area contributed by atoms with Crippen LogP contribution in [0, 0.1) is 11.8 Å². The monoisotopic (exact) mass is 404 g/mol. The highest BCUT2D eigenvalue weighted by atomic mass is 16.4. The van der Waals surface area contributed by atoms with Gasteiger partial charge in [-0.2, -0.15) is 0 Å². The molecule has 2 aliphatic carbocycles. The summed E-state index contributed by atoms with van der Waals surface area (Å²) in [6, 6.07) is 16.1. The highest BCUT2D eigenvalue weighted by molar-refractivity contribution is 5.70. The maximum atomic E-state index is 11.2. The van der Waals surface area contributed by atoms with Gasteiger partial charge in [0.1, 0.15) is 0 Å². The van der Waals surface area contributed by atoms with Crippen LogP contribution in [0.1, 0.15) is 82.9 Å². The number of carboxylic acids is 1. The lowest BCUT2D eigenvalue weighted by atomic mass is 9.63. The molecule has 0 aliphatic heterocycles. The van der Waals surface area contributed by atoms with E-state index in [-0.39, 0.29) is 16.7 Å². The first-order valence-electron chi connectivity index (χ1n) is 11.6. The predicted octanol–water partition coefficient (Wildman–Crippen LogP) is 7.14. The van der Waals surface area contributed by atoms with Gasteiger partial charge in [-0.3, -0.25) is 4.79 Å². The van der Waals surface area contributed by atoms with Crippen molar-refractivity contribution in [2.24, 2.45) is 11.8 Å². The van der Waals surface area contributed by atoms with Crippen molar-refractivity contribution in [3.8, 4) is 11.1 Å². The van der Waals surface area contributed by atoms with Gasteiger partial charge in [-0.25, -0.2) is 0 Å². The average Bonchev–Trinajstić information content (AvgIpc) is 3.19. The molecule has 4 rings (SSSR count). The minimum Gasteiger partial charge on any atom is -0.481 e. The Balaban J connectivity index is 1.52. The summed E-state index contributed by atoms with van der Waals surface area (Å²) >= 11 is 0. The molecule has 0 heterocycles. The lowest BCUT2D eigenvalue weighted by molar-refractivity contribution is -0.141. The van der Waals surface area contributed by atoms with Crippen molar-refractivity contribution in [2.45, 2.75) is 83.5 Å². The molecule has 2 heteroatoms. The van der Waals surface area contributed by atoms with E-state index in [1.165, 1.54) is 40.7 Å². The Kier molecular flexibility index (Phi) is 5.55. The molecular formula is C28H36O2. The zero-order chi connectivity index (χ0) is 21.5. The van der Waals surface area contributed by atoms with Crippen molar-refractivity contribution in [3.05, 3.63) is 59.2 Å². The SMILES string of the molecule is CC1(C)CCC(C)(C)c2cc(-c3cccc(CCC4CCC(C(=O)O)C4)c3)ccc21. The summed E-state index contributed by atoms with van der Waals surface area (Å²) < 4.78 is 0. The Morgan fingerprint density at radius 3 is 2.33 bits per heavy atom. The lowest BCUT2D eigenvalue weighted by Crippen LogP contribution is -2.33. The van der Waals surface area contributed by atoms with Gasteiger partial charge >= 0.3 is 5.97 Å². The Labute approximate surface area is 181 Å². The van der Waals surface area contributed by atoms with Crippen LogP contribution in [-0.4, -0.2) is 11.1 Å². The molecule has 0 radical (unpaired) electrons.